The van der Waals surface area contributed by atoms with Gasteiger partial charge in [-0.25, -0.2) is 4.79 Å². The standard InChI is InChI=1S/C16H24N2O3/c1-21-12-16(8-5-9-16)11-17-15(20)18-14(10-19)13-6-3-2-4-7-13/h2-4,6-7,14,19H,5,8-12H2,1H3,(H2,17,18,20)/t14-/m0/s1. The van der Waals surface area contributed by atoms with Gasteiger partial charge in [0.1, 0.15) is 0 Å². The van der Waals surface area contributed by atoms with Crippen LogP contribution in [0.4, 0.5) is 4.79 Å². The number of carbonyl (C=O) groups excluding carboxylic acids is 1. The zero-order valence-electron chi connectivity index (χ0n) is 12.5. The summed E-state index contributed by atoms with van der Waals surface area (Å²) in [5, 5.41) is 15.1. The molecule has 1 aromatic carbocycles. The number of amides is 2. The van der Waals surface area contributed by atoms with Gasteiger partial charge in [0.2, 0.25) is 0 Å². The van der Waals surface area contributed by atoms with Crippen LogP contribution >= 0.6 is 0 Å². The summed E-state index contributed by atoms with van der Waals surface area (Å²) in [5.74, 6) is 0. The van der Waals surface area contributed by atoms with Gasteiger partial charge in [-0.2, -0.15) is 0 Å². The second kappa shape index (κ2) is 7.43. The average Bonchev–Trinajstić information content (AvgIpc) is 2.48. The van der Waals surface area contributed by atoms with Crippen molar-refractivity contribution in [1.82, 2.24) is 10.6 Å². The van der Waals surface area contributed by atoms with Crippen molar-refractivity contribution < 1.29 is 14.6 Å². The van der Waals surface area contributed by atoms with Crippen LogP contribution in [-0.4, -0.2) is 38.0 Å². The third-order valence-electron chi connectivity index (χ3n) is 4.18. The van der Waals surface area contributed by atoms with Crippen LogP contribution in [0, 0.1) is 5.41 Å². The molecule has 0 radical (unpaired) electrons. The van der Waals surface area contributed by atoms with E-state index in [0.29, 0.717) is 13.2 Å². The lowest BCUT2D eigenvalue weighted by atomic mass is 9.69. The second-order valence-corrected chi connectivity index (χ2v) is 5.76. The van der Waals surface area contributed by atoms with Gasteiger partial charge in [-0.15, -0.1) is 0 Å². The lowest BCUT2D eigenvalue weighted by Gasteiger charge is -2.41. The molecule has 5 heteroatoms. The Hall–Kier alpha value is -1.59. The molecule has 1 aromatic rings. The smallest absolute Gasteiger partial charge is 0.315 e. The number of methoxy groups -OCH3 is 1. The van der Waals surface area contributed by atoms with Crippen molar-refractivity contribution in [1.29, 1.82) is 0 Å². The first-order valence-electron chi connectivity index (χ1n) is 7.38. The summed E-state index contributed by atoms with van der Waals surface area (Å²) in [7, 11) is 1.69. The number of ether oxygens (including phenoxy) is 1. The van der Waals surface area contributed by atoms with Crippen LogP contribution < -0.4 is 10.6 Å². The zero-order valence-corrected chi connectivity index (χ0v) is 12.5. The molecule has 21 heavy (non-hydrogen) atoms. The van der Waals surface area contributed by atoms with E-state index in [4.69, 9.17) is 4.74 Å². The molecule has 2 amide bonds. The van der Waals surface area contributed by atoms with Crippen LogP contribution in [0.3, 0.4) is 0 Å². The Kier molecular flexibility index (Phi) is 5.59. The fraction of sp³-hybridized carbons (Fsp3) is 0.562. The molecule has 3 N–H and O–H groups in total. The molecule has 0 unspecified atom stereocenters. The number of aliphatic hydroxyl groups excluding tert-OH is 1. The molecular weight excluding hydrogens is 268 g/mol. The number of benzene rings is 1. The topological polar surface area (TPSA) is 70.6 Å². The van der Waals surface area contributed by atoms with Gasteiger partial charge in [-0.1, -0.05) is 36.8 Å². The maximum atomic E-state index is 12.0. The fourth-order valence-corrected chi connectivity index (χ4v) is 2.75. The summed E-state index contributed by atoms with van der Waals surface area (Å²) in [4.78, 5) is 12.0. The number of carbonyl (C=O) groups is 1. The van der Waals surface area contributed by atoms with Crippen molar-refractivity contribution in [3.8, 4) is 0 Å². The van der Waals surface area contributed by atoms with Gasteiger partial charge in [0, 0.05) is 19.1 Å². The van der Waals surface area contributed by atoms with Crippen LogP contribution in [0.15, 0.2) is 30.3 Å². The third kappa shape index (κ3) is 4.19. The summed E-state index contributed by atoms with van der Waals surface area (Å²) in [6.07, 6.45) is 3.36. The van der Waals surface area contributed by atoms with Gasteiger partial charge in [0.05, 0.1) is 19.3 Å². The summed E-state index contributed by atoms with van der Waals surface area (Å²) in [5.41, 5.74) is 0.985. The van der Waals surface area contributed by atoms with E-state index in [1.807, 2.05) is 30.3 Å². The number of hydrogen-bond donors (Lipinski definition) is 3. The van der Waals surface area contributed by atoms with E-state index in [9.17, 15) is 9.90 Å². The van der Waals surface area contributed by atoms with E-state index in [0.717, 1.165) is 18.4 Å². The Labute approximate surface area is 125 Å². The van der Waals surface area contributed by atoms with Crippen molar-refractivity contribution >= 4 is 6.03 Å². The molecule has 2 rings (SSSR count). The molecule has 1 saturated carbocycles. The molecule has 0 aromatic heterocycles. The molecule has 116 valence electrons. The predicted molar refractivity (Wildman–Crippen MR) is 81.0 cm³/mol. The highest BCUT2D eigenvalue weighted by Crippen LogP contribution is 2.40. The quantitative estimate of drug-likeness (QED) is 0.718. The van der Waals surface area contributed by atoms with Crippen LogP contribution in [0.25, 0.3) is 0 Å². The maximum absolute atomic E-state index is 12.0. The minimum Gasteiger partial charge on any atom is -0.394 e. The van der Waals surface area contributed by atoms with Gasteiger partial charge in [0.25, 0.3) is 0 Å². The van der Waals surface area contributed by atoms with Crippen molar-refractivity contribution in [3.05, 3.63) is 35.9 Å². The number of hydrogen-bond acceptors (Lipinski definition) is 3. The SMILES string of the molecule is COCC1(CNC(=O)N[C@@H](CO)c2ccccc2)CCC1. The molecule has 0 bridgehead atoms. The van der Waals surface area contributed by atoms with Gasteiger partial charge in [0.15, 0.2) is 0 Å². The Bertz CT molecular complexity index is 446. The van der Waals surface area contributed by atoms with E-state index in [-0.39, 0.29) is 24.1 Å². The van der Waals surface area contributed by atoms with E-state index in [1.165, 1.54) is 6.42 Å². The number of nitrogens with one attached hydrogen (secondary N) is 2. The summed E-state index contributed by atoms with van der Waals surface area (Å²) in [6, 6.07) is 8.83. The molecule has 1 fully saturated rings. The first-order chi connectivity index (χ1) is 10.2. The lowest BCUT2D eigenvalue weighted by molar-refractivity contribution is 0.0199. The fourth-order valence-electron chi connectivity index (χ4n) is 2.75. The van der Waals surface area contributed by atoms with Crippen molar-refractivity contribution in [2.24, 2.45) is 5.41 Å². The molecule has 0 saturated heterocycles. The first kappa shape index (κ1) is 15.8. The van der Waals surface area contributed by atoms with Crippen LogP contribution in [-0.2, 0) is 4.74 Å². The molecule has 0 heterocycles. The lowest BCUT2D eigenvalue weighted by Crippen LogP contribution is -2.48. The normalized spacial score (nSPS) is 17.6. The highest BCUT2D eigenvalue weighted by atomic mass is 16.5. The molecule has 5 nitrogen and oxygen atoms in total. The van der Waals surface area contributed by atoms with E-state index >= 15 is 0 Å². The monoisotopic (exact) mass is 292 g/mol. The van der Waals surface area contributed by atoms with Gasteiger partial charge < -0.3 is 20.5 Å². The summed E-state index contributed by atoms with van der Waals surface area (Å²) in [6.45, 7) is 1.16. The maximum Gasteiger partial charge on any atom is 0.315 e. The highest BCUT2D eigenvalue weighted by molar-refractivity contribution is 5.74. The van der Waals surface area contributed by atoms with Crippen LogP contribution in [0.2, 0.25) is 0 Å². The van der Waals surface area contributed by atoms with Crippen LogP contribution in [0.5, 0.6) is 0 Å². The molecule has 1 aliphatic rings. The van der Waals surface area contributed by atoms with E-state index < -0.39 is 0 Å². The van der Waals surface area contributed by atoms with Crippen molar-refractivity contribution in [2.75, 3.05) is 26.9 Å². The minimum atomic E-state index is -0.383. The summed E-state index contributed by atoms with van der Waals surface area (Å²) < 4.78 is 5.24. The molecular formula is C16H24N2O3. The number of aliphatic hydroxyl groups is 1. The van der Waals surface area contributed by atoms with E-state index in [2.05, 4.69) is 10.6 Å². The largest absolute Gasteiger partial charge is 0.394 e. The van der Waals surface area contributed by atoms with Crippen molar-refractivity contribution in [3.63, 3.8) is 0 Å². The first-order valence-corrected chi connectivity index (χ1v) is 7.38. The number of rotatable bonds is 7. The predicted octanol–water partition coefficient (Wildman–Crippen LogP) is 1.84. The summed E-state index contributed by atoms with van der Waals surface area (Å²) >= 11 is 0. The molecule has 1 atom stereocenters. The van der Waals surface area contributed by atoms with Gasteiger partial charge in [-0.05, 0) is 18.4 Å². The zero-order chi connectivity index (χ0) is 15.1. The Morgan fingerprint density at radius 2 is 2.10 bits per heavy atom. The average molecular weight is 292 g/mol. The highest BCUT2D eigenvalue weighted by Gasteiger charge is 2.37. The minimum absolute atomic E-state index is 0.0908. The molecule has 0 spiro atoms. The van der Waals surface area contributed by atoms with Gasteiger partial charge >= 0.3 is 6.03 Å². The Morgan fingerprint density at radius 1 is 1.38 bits per heavy atom. The van der Waals surface area contributed by atoms with Gasteiger partial charge in [-0.3, -0.25) is 0 Å². The third-order valence-corrected chi connectivity index (χ3v) is 4.18. The van der Waals surface area contributed by atoms with Crippen molar-refractivity contribution in [2.45, 2.75) is 25.3 Å². The molecule has 1 aliphatic carbocycles. The Morgan fingerprint density at radius 3 is 2.62 bits per heavy atom. The van der Waals surface area contributed by atoms with Crippen LogP contribution in [0.1, 0.15) is 30.9 Å². The second-order valence-electron chi connectivity index (χ2n) is 5.76. The van der Waals surface area contributed by atoms with E-state index in [1.54, 1.807) is 7.11 Å². The Balaban J connectivity index is 1.83. The molecule has 0 aliphatic heterocycles. The number of urea groups is 1.